The number of aliphatic carboxylic acids is 3. The highest BCUT2D eigenvalue weighted by Crippen LogP contribution is 2.17. The standard InChI is InChI=1S/C19H37N3O10Si/c1-4-30-33(31-5-2,32-6-3)11-7-8-20-16(23)12-21(13-17(24)25)9-10-22(14-18(26)27)15-19(28)29/h4-15H2,1-3H3,(H,20,23)(H,24,25)(H,26,27)(H,28,29). The summed E-state index contributed by atoms with van der Waals surface area (Å²) in [6.45, 7) is 5.50. The van der Waals surface area contributed by atoms with Crippen molar-refractivity contribution in [2.75, 3.05) is 65.6 Å². The third kappa shape index (κ3) is 15.4. The molecular formula is C19H37N3O10Si. The summed E-state index contributed by atoms with van der Waals surface area (Å²) in [5.41, 5.74) is 0. The van der Waals surface area contributed by atoms with Crippen LogP contribution >= 0.6 is 0 Å². The molecule has 0 saturated carbocycles. The lowest BCUT2D eigenvalue weighted by atomic mass is 10.3. The smallest absolute Gasteiger partial charge is 0.480 e. The van der Waals surface area contributed by atoms with Crippen LogP contribution in [-0.4, -0.2) is 123 Å². The monoisotopic (exact) mass is 495 g/mol. The molecule has 0 spiro atoms. The predicted octanol–water partition coefficient (Wildman–Crippen LogP) is -0.601. The summed E-state index contributed by atoms with van der Waals surface area (Å²) in [7, 11) is -2.81. The maximum Gasteiger partial charge on any atom is 0.500 e. The summed E-state index contributed by atoms with van der Waals surface area (Å²) in [4.78, 5) is 47.7. The molecule has 0 aliphatic rings. The molecule has 0 aliphatic heterocycles. The molecule has 0 atom stereocenters. The fourth-order valence-corrected chi connectivity index (χ4v) is 5.69. The van der Waals surface area contributed by atoms with Gasteiger partial charge in [-0.3, -0.25) is 29.0 Å². The molecule has 1 amide bonds. The predicted molar refractivity (Wildman–Crippen MR) is 119 cm³/mol. The average molecular weight is 496 g/mol. The second-order valence-corrected chi connectivity index (χ2v) is 9.77. The van der Waals surface area contributed by atoms with E-state index < -0.39 is 52.3 Å². The minimum Gasteiger partial charge on any atom is -0.480 e. The van der Waals surface area contributed by atoms with E-state index in [1.54, 1.807) is 0 Å². The highest BCUT2D eigenvalue weighted by atomic mass is 28.4. The van der Waals surface area contributed by atoms with Gasteiger partial charge in [-0.15, -0.1) is 0 Å². The Kier molecular flexibility index (Phi) is 16.3. The Hall–Kier alpha value is -2.10. The normalized spacial score (nSPS) is 11.7. The van der Waals surface area contributed by atoms with Crippen molar-refractivity contribution >= 4 is 32.6 Å². The number of hydrogen-bond donors (Lipinski definition) is 4. The SMILES string of the molecule is CCO[Si](CCCNC(=O)CN(CCN(CC(=O)O)CC(=O)O)CC(=O)O)(OCC)OCC. The average Bonchev–Trinajstić information content (AvgIpc) is 2.68. The van der Waals surface area contributed by atoms with Crippen molar-refractivity contribution in [3.05, 3.63) is 0 Å². The molecule has 192 valence electrons. The second-order valence-electron chi connectivity index (χ2n) is 7.04. The number of carbonyl (C=O) groups is 4. The summed E-state index contributed by atoms with van der Waals surface area (Å²) < 4.78 is 17.3. The molecule has 14 heteroatoms. The molecule has 0 fully saturated rings. The third-order valence-electron chi connectivity index (χ3n) is 4.25. The summed E-state index contributed by atoms with van der Waals surface area (Å²) in [5.74, 6) is -3.98. The van der Waals surface area contributed by atoms with Crippen LogP contribution in [0.3, 0.4) is 0 Å². The Bertz CT molecular complexity index is 590. The number of carboxylic acids is 3. The number of amides is 1. The number of carbonyl (C=O) groups excluding carboxylic acids is 1. The van der Waals surface area contributed by atoms with E-state index in [1.165, 1.54) is 4.90 Å². The molecule has 0 aromatic rings. The van der Waals surface area contributed by atoms with Crippen LogP contribution in [0.25, 0.3) is 0 Å². The highest BCUT2D eigenvalue weighted by Gasteiger charge is 2.39. The van der Waals surface area contributed by atoms with Crippen molar-refractivity contribution in [3.8, 4) is 0 Å². The van der Waals surface area contributed by atoms with E-state index in [9.17, 15) is 19.2 Å². The molecule has 4 N–H and O–H groups in total. The fraction of sp³-hybridized carbons (Fsp3) is 0.789. The van der Waals surface area contributed by atoms with Crippen LogP contribution in [0.2, 0.25) is 6.04 Å². The van der Waals surface area contributed by atoms with Crippen LogP contribution in [0.15, 0.2) is 0 Å². The first kappa shape index (κ1) is 30.9. The van der Waals surface area contributed by atoms with E-state index in [0.29, 0.717) is 38.8 Å². The lowest BCUT2D eigenvalue weighted by Gasteiger charge is -2.28. The lowest BCUT2D eigenvalue weighted by molar-refractivity contribution is -0.143. The molecule has 0 aromatic heterocycles. The molecule has 0 bridgehead atoms. The molecule has 33 heavy (non-hydrogen) atoms. The van der Waals surface area contributed by atoms with Crippen molar-refractivity contribution in [2.45, 2.75) is 33.2 Å². The number of carboxylic acid groups (broad SMARTS) is 3. The topological polar surface area (TPSA) is 175 Å². The van der Waals surface area contributed by atoms with E-state index >= 15 is 0 Å². The van der Waals surface area contributed by atoms with E-state index in [0.717, 1.165) is 4.90 Å². The summed E-state index contributed by atoms with van der Waals surface area (Å²) in [6, 6.07) is 0.515. The molecule has 0 radical (unpaired) electrons. The molecule has 0 rings (SSSR count). The Labute approximate surface area is 194 Å². The molecule has 0 aliphatic carbocycles. The van der Waals surface area contributed by atoms with Gasteiger partial charge >= 0.3 is 26.7 Å². The fourth-order valence-electron chi connectivity index (χ4n) is 3.08. The highest BCUT2D eigenvalue weighted by molar-refractivity contribution is 6.60. The van der Waals surface area contributed by atoms with Crippen molar-refractivity contribution in [1.29, 1.82) is 0 Å². The van der Waals surface area contributed by atoms with Gasteiger partial charge in [-0.25, -0.2) is 0 Å². The first-order valence-corrected chi connectivity index (χ1v) is 12.8. The number of nitrogens with one attached hydrogen (secondary N) is 1. The number of nitrogens with zero attached hydrogens (tertiary/aromatic N) is 2. The van der Waals surface area contributed by atoms with Gasteiger partial charge in [0.2, 0.25) is 5.91 Å². The van der Waals surface area contributed by atoms with Crippen LogP contribution < -0.4 is 5.32 Å². The van der Waals surface area contributed by atoms with Crippen molar-refractivity contribution < 1.29 is 47.8 Å². The maximum absolute atomic E-state index is 12.3. The van der Waals surface area contributed by atoms with E-state index in [2.05, 4.69) is 5.32 Å². The van der Waals surface area contributed by atoms with E-state index in [1.807, 2.05) is 20.8 Å². The zero-order valence-corrected chi connectivity index (χ0v) is 20.6. The van der Waals surface area contributed by atoms with Crippen LogP contribution in [0.5, 0.6) is 0 Å². The summed E-state index contributed by atoms with van der Waals surface area (Å²) >= 11 is 0. The van der Waals surface area contributed by atoms with Gasteiger partial charge in [0, 0.05) is 45.5 Å². The molecular weight excluding hydrogens is 458 g/mol. The summed E-state index contributed by atoms with van der Waals surface area (Å²) in [5, 5.41) is 29.6. The lowest BCUT2D eigenvalue weighted by Crippen LogP contribution is -2.47. The zero-order chi connectivity index (χ0) is 25.3. The second kappa shape index (κ2) is 17.4. The number of rotatable bonds is 21. The Morgan fingerprint density at radius 2 is 1.12 bits per heavy atom. The first-order valence-electron chi connectivity index (χ1n) is 10.9. The molecule has 0 saturated heterocycles. The minimum absolute atomic E-state index is 0.00925. The molecule has 13 nitrogen and oxygen atoms in total. The van der Waals surface area contributed by atoms with Gasteiger partial charge in [0.25, 0.3) is 0 Å². The van der Waals surface area contributed by atoms with Gasteiger partial charge < -0.3 is 33.9 Å². The largest absolute Gasteiger partial charge is 0.500 e. The molecule has 0 unspecified atom stereocenters. The van der Waals surface area contributed by atoms with E-state index in [4.69, 9.17) is 28.6 Å². The quantitative estimate of drug-likeness (QED) is 0.118. The van der Waals surface area contributed by atoms with Gasteiger partial charge in [-0.2, -0.15) is 0 Å². The number of hydrogen-bond acceptors (Lipinski definition) is 9. The van der Waals surface area contributed by atoms with E-state index in [-0.39, 0.29) is 19.6 Å². The van der Waals surface area contributed by atoms with Crippen molar-refractivity contribution in [1.82, 2.24) is 15.1 Å². The molecule has 0 heterocycles. The van der Waals surface area contributed by atoms with Gasteiger partial charge in [0.15, 0.2) is 0 Å². The van der Waals surface area contributed by atoms with Gasteiger partial charge in [0.05, 0.1) is 26.2 Å². The van der Waals surface area contributed by atoms with Crippen LogP contribution in [0.4, 0.5) is 0 Å². The van der Waals surface area contributed by atoms with Gasteiger partial charge in [0.1, 0.15) is 0 Å². The first-order chi connectivity index (χ1) is 15.6. The van der Waals surface area contributed by atoms with Gasteiger partial charge in [-0.1, -0.05) is 0 Å². The third-order valence-corrected chi connectivity index (χ3v) is 7.40. The van der Waals surface area contributed by atoms with Crippen molar-refractivity contribution in [3.63, 3.8) is 0 Å². The van der Waals surface area contributed by atoms with Crippen molar-refractivity contribution in [2.24, 2.45) is 0 Å². The van der Waals surface area contributed by atoms with Crippen LogP contribution in [0, 0.1) is 0 Å². The molecule has 0 aromatic carbocycles. The zero-order valence-electron chi connectivity index (χ0n) is 19.6. The summed E-state index contributed by atoms with van der Waals surface area (Å²) in [6.07, 6.45) is 0.544. The Morgan fingerprint density at radius 3 is 1.48 bits per heavy atom. The van der Waals surface area contributed by atoms with Crippen LogP contribution in [-0.2, 0) is 32.5 Å². The maximum atomic E-state index is 12.3. The van der Waals surface area contributed by atoms with Crippen LogP contribution in [0.1, 0.15) is 27.2 Å². The Morgan fingerprint density at radius 1 is 0.727 bits per heavy atom. The minimum atomic E-state index is -2.81. The van der Waals surface area contributed by atoms with Gasteiger partial charge in [-0.05, 0) is 27.2 Å². The Balaban J connectivity index is 4.74.